The van der Waals surface area contributed by atoms with Gasteiger partial charge in [-0.2, -0.15) is 0 Å². The predicted octanol–water partition coefficient (Wildman–Crippen LogP) is 16.4. The van der Waals surface area contributed by atoms with Gasteiger partial charge in [0.05, 0.1) is 68.4 Å². The molecule has 0 aliphatic rings. The molecule has 2 aromatic heterocycles. The molecular weight excluding hydrogens is 1030 g/mol. The van der Waals surface area contributed by atoms with E-state index in [0.29, 0.717) is 47.2 Å². The van der Waals surface area contributed by atoms with E-state index in [2.05, 4.69) is 128 Å². The van der Waals surface area contributed by atoms with Crippen molar-refractivity contribution < 1.29 is 34.9 Å². The molecule has 2 heterocycles. The number of halogens is 4. The van der Waals surface area contributed by atoms with Crippen LogP contribution < -0.4 is 8.85 Å². The van der Waals surface area contributed by atoms with E-state index >= 15 is 0 Å². The molecule has 0 radical (unpaired) electrons. The Morgan fingerprint density at radius 2 is 0.627 bits per heavy atom. The Kier molecular flexibility index (Phi) is 21.5. The molecule has 0 saturated carbocycles. The molecule has 0 aliphatic carbocycles. The van der Waals surface area contributed by atoms with Crippen LogP contribution in [0.5, 0.6) is 11.5 Å². The minimum atomic E-state index is -3.00. The van der Waals surface area contributed by atoms with Gasteiger partial charge in [0.2, 0.25) is 0 Å². The summed E-state index contributed by atoms with van der Waals surface area (Å²) in [6, 6.07) is 32.6. The van der Waals surface area contributed by atoms with Gasteiger partial charge in [-0.15, -0.1) is 0 Å². The van der Waals surface area contributed by atoms with E-state index in [1.54, 1.807) is 0 Å². The first kappa shape index (κ1) is 55.5. The van der Waals surface area contributed by atoms with Crippen molar-refractivity contribution in [3.05, 3.63) is 164 Å². The molecule has 67 heavy (non-hydrogen) atoms. The molecule has 4 aromatic carbocycles. The molecule has 357 valence electrons. The molecule has 0 atom stereocenters. The Bertz CT molecular complexity index is 2390. The number of hydrogen-bond acceptors (Lipinski definition) is 8. The van der Waals surface area contributed by atoms with Crippen molar-refractivity contribution in [2.24, 2.45) is 20.0 Å². The number of benzene rings is 4. The van der Waals surface area contributed by atoms with Crippen molar-refractivity contribution in [2.75, 3.05) is 0 Å². The fraction of sp³-hybridized carbons (Fsp3) is 0.269. The number of aryl methyl sites for hydroxylation is 8. The van der Waals surface area contributed by atoms with Crippen LogP contribution >= 0.6 is 40.5 Å². The van der Waals surface area contributed by atoms with Crippen molar-refractivity contribution in [1.29, 1.82) is 0 Å². The average Bonchev–Trinajstić information content (AvgIpc) is 3.26. The van der Waals surface area contributed by atoms with Crippen LogP contribution in [0.4, 0.5) is 22.7 Å². The third-order valence-electron chi connectivity index (χ3n) is 10.7. The molecule has 0 amide bonds. The number of pyridine rings is 2. The van der Waals surface area contributed by atoms with Crippen molar-refractivity contribution in [1.82, 2.24) is 9.97 Å². The summed E-state index contributed by atoms with van der Waals surface area (Å²) >= 11 is 0.576. The van der Waals surface area contributed by atoms with E-state index in [9.17, 15) is 0 Å². The molecule has 8 nitrogen and oxygen atoms in total. The van der Waals surface area contributed by atoms with Gasteiger partial charge in [0, 0.05) is 37.4 Å². The molecule has 15 heteroatoms. The van der Waals surface area contributed by atoms with E-state index in [1.807, 2.05) is 65.1 Å². The minimum absolute atomic E-state index is 0.194. The normalized spacial score (nSPS) is 12.3. The number of hydrogen-bond donors (Lipinski definition) is 0. The summed E-state index contributed by atoms with van der Waals surface area (Å²) in [4.78, 5) is 30.6. The van der Waals surface area contributed by atoms with Gasteiger partial charge in [-0.3, -0.25) is 20.0 Å². The molecule has 6 aromatic rings. The van der Waals surface area contributed by atoms with Crippen molar-refractivity contribution in [3.8, 4) is 11.5 Å². The first-order valence-corrected chi connectivity index (χ1v) is 30.0. The van der Waals surface area contributed by atoms with E-state index in [0.717, 1.165) is 90.1 Å². The summed E-state index contributed by atoms with van der Waals surface area (Å²) in [6.07, 6.45) is 0. The number of para-hydroxylation sites is 4. The van der Waals surface area contributed by atoms with Crippen LogP contribution in [0.15, 0.2) is 117 Å². The van der Waals surface area contributed by atoms with Crippen molar-refractivity contribution in [3.63, 3.8) is 0 Å². The van der Waals surface area contributed by atoms with Gasteiger partial charge in [-0.05, 0) is 128 Å². The molecule has 0 saturated heterocycles. The van der Waals surface area contributed by atoms with Gasteiger partial charge >= 0.3 is 75.1 Å². The summed E-state index contributed by atoms with van der Waals surface area (Å²) in [5, 5.41) is 0. The zero-order chi connectivity index (χ0) is 49.6. The predicted molar refractivity (Wildman–Crippen MR) is 282 cm³/mol. The zero-order valence-electron chi connectivity index (χ0n) is 40.4. The molecule has 0 aliphatic heterocycles. The third kappa shape index (κ3) is 16.0. The van der Waals surface area contributed by atoms with Gasteiger partial charge in [0.25, 0.3) is 0 Å². The van der Waals surface area contributed by atoms with Gasteiger partial charge in [0.15, 0.2) is 0 Å². The van der Waals surface area contributed by atoms with Crippen molar-refractivity contribution >= 4 is 94.6 Å². The van der Waals surface area contributed by atoms with Crippen molar-refractivity contribution in [2.45, 2.75) is 96.2 Å². The van der Waals surface area contributed by atoms with Gasteiger partial charge in [0.1, 0.15) is 11.5 Å². The molecule has 6 rings (SSSR count). The number of rotatable bonds is 12. The van der Waals surface area contributed by atoms with E-state index in [1.165, 1.54) is 0 Å². The second-order valence-corrected chi connectivity index (χ2v) is 23.4. The average molecular weight is 1080 g/mol. The Hall–Kier alpha value is -4.14. The molecule has 0 unspecified atom stereocenters. The maximum absolute atomic E-state index is 6.92. The standard InChI is InChI=1S/C52H58N6O2Si.4ClH.Co.Fe/c1-31-19-15-20-32(2)49(31)53-39(9)45-27-43(28-46(57-45)40(10)54-50-33(3)21-16-22-34(50)4)59-61(13,14)60-44-29-47(41(11)55-51-35(5)23-17-24-36(51)6)58-48(30-44)42(12)56-52-37(7)25-18-26-38(52)8;;;;;;/h15-30H,1-14H3;4*1H;;/q;;;;;2*+2/p-4. The summed E-state index contributed by atoms with van der Waals surface area (Å²) in [5.74, 6) is 1.25. The second-order valence-electron chi connectivity index (χ2n) is 16.6. The monoisotopic (exact) mass is 1080 g/mol. The van der Waals surface area contributed by atoms with Crippen LogP contribution in [0.3, 0.4) is 0 Å². The van der Waals surface area contributed by atoms with Gasteiger partial charge < -0.3 is 8.85 Å². The Morgan fingerprint density at radius 1 is 0.448 bits per heavy atom. The Labute approximate surface area is 428 Å². The SMILES string of the molecule is CC(=Nc1c(C)cccc1C)c1cc(O[Si](C)(C)Oc2cc(C(C)=Nc3c(C)cccc3C)nc(C(C)=Nc3c(C)cccc3C)c2)cc(C(C)=Nc2c(C)cccc2C)n1.[Cl][Co][Cl].[Cl][Fe][Cl]. The Balaban J connectivity index is 0.00000155. The van der Waals surface area contributed by atoms with Crippen LogP contribution in [0.1, 0.15) is 95.0 Å². The molecular formula is C52H58Cl4CoFeN6O2Si. The second kappa shape index (κ2) is 26.0. The third-order valence-corrected chi connectivity index (χ3v) is 12.1. The van der Waals surface area contributed by atoms with Crippen LogP contribution in [-0.4, -0.2) is 41.4 Å². The first-order chi connectivity index (χ1) is 31.7. The molecule has 0 N–H and O–H groups in total. The molecule has 0 spiro atoms. The summed E-state index contributed by atoms with van der Waals surface area (Å²) in [7, 11) is 16.0. The topological polar surface area (TPSA) is 93.7 Å². The molecule has 0 bridgehead atoms. The van der Waals surface area contributed by atoms with Gasteiger partial charge in [-0.1, -0.05) is 72.8 Å². The maximum atomic E-state index is 6.92. The van der Waals surface area contributed by atoms with Crippen LogP contribution in [0.25, 0.3) is 0 Å². The van der Waals surface area contributed by atoms with Crippen LogP contribution in [0, 0.1) is 55.4 Å². The first-order valence-electron chi connectivity index (χ1n) is 21.3. The summed E-state index contributed by atoms with van der Waals surface area (Å²) in [5.41, 5.74) is 18.4. The quantitative estimate of drug-likeness (QED) is 0.0901. The number of nitrogens with zero attached hydrogens (tertiary/aromatic N) is 6. The van der Waals surface area contributed by atoms with Gasteiger partial charge in [-0.25, -0.2) is 9.97 Å². The van der Waals surface area contributed by atoms with Crippen LogP contribution in [0.2, 0.25) is 13.1 Å². The van der Waals surface area contributed by atoms with Crippen LogP contribution in [-0.2, 0) is 26.0 Å². The zero-order valence-corrected chi connectivity index (χ0v) is 46.6. The van der Waals surface area contributed by atoms with E-state index in [4.69, 9.17) is 79.3 Å². The Morgan fingerprint density at radius 3 is 0.806 bits per heavy atom. The molecule has 0 fully saturated rings. The summed E-state index contributed by atoms with van der Waals surface area (Å²) in [6.45, 7) is 28.7. The fourth-order valence-corrected chi connectivity index (χ4v) is 8.70. The van der Waals surface area contributed by atoms with E-state index in [-0.39, 0.29) is 13.1 Å². The fourth-order valence-electron chi connectivity index (χ4n) is 7.29. The number of aliphatic imine (C=N–C) groups is 4. The number of aromatic nitrogens is 2. The van der Waals surface area contributed by atoms with E-state index < -0.39 is 8.56 Å². The summed E-state index contributed by atoms with van der Waals surface area (Å²) < 4.78 is 13.8.